The summed E-state index contributed by atoms with van der Waals surface area (Å²) in [5, 5.41) is 5.82. The van der Waals surface area contributed by atoms with Crippen molar-refractivity contribution in [1.82, 2.24) is 5.32 Å². The van der Waals surface area contributed by atoms with E-state index in [4.69, 9.17) is 0 Å². The number of thiophene rings is 1. The maximum atomic E-state index is 3.66. The first-order valence-electron chi connectivity index (χ1n) is 6.30. The van der Waals surface area contributed by atoms with Gasteiger partial charge in [0.25, 0.3) is 0 Å². The Morgan fingerprint density at radius 1 is 1.41 bits per heavy atom. The van der Waals surface area contributed by atoms with Gasteiger partial charge in [0.05, 0.1) is 0 Å². The van der Waals surface area contributed by atoms with Crippen LogP contribution in [0.2, 0.25) is 0 Å². The number of hydrogen-bond donors (Lipinski definition) is 1. The average molecular weight is 336 g/mol. The monoisotopic (exact) mass is 335 g/mol. The summed E-state index contributed by atoms with van der Waals surface area (Å²) >= 11 is 7.54. The highest BCUT2D eigenvalue weighted by Gasteiger charge is 2.11. The molecule has 1 unspecified atom stereocenters. The maximum absolute atomic E-state index is 3.66. The van der Waals surface area contributed by atoms with Crippen molar-refractivity contribution < 1.29 is 0 Å². The molecule has 0 radical (unpaired) electrons. The Labute approximate surface area is 122 Å². The Morgan fingerprint density at radius 3 is 2.82 bits per heavy atom. The predicted molar refractivity (Wildman–Crippen MR) is 85.4 cm³/mol. The number of rotatable bonds is 9. The first-order chi connectivity index (χ1) is 8.27. The standard InChI is InChI=1S/C13H22BrNS2/c1-3-6-15-11(10-16-7-4-2)9-13-12(14)5-8-17-13/h5,8,11,15H,3-4,6-7,9-10H2,1-2H3. The SMILES string of the molecule is CCCNC(CSCCC)Cc1sccc1Br. The molecule has 0 saturated carbocycles. The van der Waals surface area contributed by atoms with Crippen LogP contribution in [0.5, 0.6) is 0 Å². The minimum atomic E-state index is 0.612. The first-order valence-corrected chi connectivity index (χ1v) is 9.13. The predicted octanol–water partition coefficient (Wildman–Crippen LogP) is 4.56. The van der Waals surface area contributed by atoms with Crippen LogP contribution in [0.15, 0.2) is 15.9 Å². The zero-order valence-electron chi connectivity index (χ0n) is 10.7. The third-order valence-corrected chi connectivity index (χ3v) is 5.76. The Bertz CT molecular complexity index is 301. The van der Waals surface area contributed by atoms with Crippen molar-refractivity contribution in [2.24, 2.45) is 0 Å². The van der Waals surface area contributed by atoms with Crippen molar-refractivity contribution in [2.75, 3.05) is 18.1 Å². The Balaban J connectivity index is 2.42. The van der Waals surface area contributed by atoms with Gasteiger partial charge < -0.3 is 5.32 Å². The number of nitrogens with one attached hydrogen (secondary N) is 1. The van der Waals surface area contributed by atoms with Crippen molar-refractivity contribution in [1.29, 1.82) is 0 Å². The van der Waals surface area contributed by atoms with Crippen LogP contribution in [0.3, 0.4) is 0 Å². The fourth-order valence-electron chi connectivity index (χ4n) is 1.60. The summed E-state index contributed by atoms with van der Waals surface area (Å²) < 4.78 is 1.27. The van der Waals surface area contributed by atoms with Crippen LogP contribution in [0.4, 0.5) is 0 Å². The molecule has 0 aliphatic heterocycles. The summed E-state index contributed by atoms with van der Waals surface area (Å²) in [6.07, 6.45) is 3.63. The second-order valence-electron chi connectivity index (χ2n) is 4.12. The molecule has 1 N–H and O–H groups in total. The van der Waals surface area contributed by atoms with E-state index in [0.29, 0.717) is 6.04 Å². The highest BCUT2D eigenvalue weighted by atomic mass is 79.9. The summed E-state index contributed by atoms with van der Waals surface area (Å²) in [7, 11) is 0. The van der Waals surface area contributed by atoms with Gasteiger partial charge in [0.15, 0.2) is 0 Å². The number of halogens is 1. The Hall–Kier alpha value is 0.490. The summed E-state index contributed by atoms with van der Waals surface area (Å²) in [6, 6.07) is 2.76. The van der Waals surface area contributed by atoms with Gasteiger partial charge in [-0.3, -0.25) is 0 Å². The van der Waals surface area contributed by atoms with Crippen LogP contribution in [-0.2, 0) is 6.42 Å². The highest BCUT2D eigenvalue weighted by molar-refractivity contribution is 9.10. The lowest BCUT2D eigenvalue weighted by molar-refractivity contribution is 0.552. The molecule has 1 atom stereocenters. The van der Waals surface area contributed by atoms with Gasteiger partial charge in [0.2, 0.25) is 0 Å². The molecule has 0 saturated heterocycles. The minimum absolute atomic E-state index is 0.612. The largest absolute Gasteiger partial charge is 0.313 e. The first kappa shape index (κ1) is 15.5. The lowest BCUT2D eigenvalue weighted by Crippen LogP contribution is -2.34. The molecule has 1 aromatic heterocycles. The zero-order chi connectivity index (χ0) is 12.5. The van der Waals surface area contributed by atoms with Gasteiger partial charge in [-0.2, -0.15) is 11.8 Å². The molecular formula is C13H22BrNS2. The van der Waals surface area contributed by atoms with E-state index in [2.05, 4.69) is 58.3 Å². The van der Waals surface area contributed by atoms with Crippen LogP contribution in [-0.4, -0.2) is 24.1 Å². The quantitative estimate of drug-likeness (QED) is 0.663. The summed E-state index contributed by atoms with van der Waals surface area (Å²) in [6.45, 7) is 5.60. The fraction of sp³-hybridized carbons (Fsp3) is 0.692. The normalized spacial score (nSPS) is 12.9. The Kier molecular flexibility index (Phi) is 8.62. The van der Waals surface area contributed by atoms with Crippen LogP contribution < -0.4 is 5.32 Å². The lowest BCUT2D eigenvalue weighted by atomic mass is 10.2. The van der Waals surface area contributed by atoms with Gasteiger partial charge in [-0.25, -0.2) is 0 Å². The summed E-state index contributed by atoms with van der Waals surface area (Å²) in [4.78, 5) is 1.47. The van der Waals surface area contributed by atoms with Gasteiger partial charge in [-0.15, -0.1) is 11.3 Å². The molecule has 0 aromatic carbocycles. The van der Waals surface area contributed by atoms with Crippen LogP contribution in [0.25, 0.3) is 0 Å². The van der Waals surface area contributed by atoms with E-state index in [1.165, 1.54) is 33.7 Å². The molecule has 4 heteroatoms. The van der Waals surface area contributed by atoms with Gasteiger partial charge in [0, 0.05) is 21.1 Å². The second-order valence-corrected chi connectivity index (χ2v) is 7.13. The zero-order valence-corrected chi connectivity index (χ0v) is 13.9. The van der Waals surface area contributed by atoms with E-state index in [0.717, 1.165) is 13.0 Å². The van der Waals surface area contributed by atoms with Crippen molar-refractivity contribution in [3.8, 4) is 0 Å². The summed E-state index contributed by atoms with van der Waals surface area (Å²) in [5.74, 6) is 2.49. The van der Waals surface area contributed by atoms with E-state index in [1.807, 2.05) is 11.3 Å². The van der Waals surface area contributed by atoms with E-state index in [1.54, 1.807) is 0 Å². The highest BCUT2D eigenvalue weighted by Crippen LogP contribution is 2.24. The smallest absolute Gasteiger partial charge is 0.0314 e. The van der Waals surface area contributed by atoms with E-state index >= 15 is 0 Å². The molecule has 1 heterocycles. The van der Waals surface area contributed by atoms with Crippen LogP contribution >= 0.6 is 39.0 Å². The van der Waals surface area contributed by atoms with Crippen LogP contribution in [0.1, 0.15) is 31.6 Å². The third-order valence-electron chi connectivity index (χ3n) is 2.47. The molecule has 0 amide bonds. The molecule has 17 heavy (non-hydrogen) atoms. The maximum Gasteiger partial charge on any atom is 0.0314 e. The average Bonchev–Trinajstić information content (AvgIpc) is 2.72. The summed E-state index contributed by atoms with van der Waals surface area (Å²) in [5.41, 5.74) is 0. The van der Waals surface area contributed by atoms with Gasteiger partial charge in [-0.05, 0) is 58.9 Å². The van der Waals surface area contributed by atoms with E-state index in [-0.39, 0.29) is 0 Å². The number of hydrogen-bond acceptors (Lipinski definition) is 3. The molecule has 1 aromatic rings. The minimum Gasteiger partial charge on any atom is -0.313 e. The molecule has 0 aliphatic rings. The van der Waals surface area contributed by atoms with Crippen molar-refractivity contribution in [3.05, 3.63) is 20.8 Å². The van der Waals surface area contributed by atoms with Crippen molar-refractivity contribution in [3.63, 3.8) is 0 Å². The molecule has 98 valence electrons. The topological polar surface area (TPSA) is 12.0 Å². The van der Waals surface area contributed by atoms with E-state index < -0.39 is 0 Å². The van der Waals surface area contributed by atoms with Crippen LogP contribution in [0, 0.1) is 0 Å². The van der Waals surface area contributed by atoms with Gasteiger partial charge in [-0.1, -0.05) is 13.8 Å². The molecule has 0 aliphatic carbocycles. The molecule has 0 bridgehead atoms. The molecule has 1 nitrogen and oxygen atoms in total. The molecule has 0 fully saturated rings. The molecular weight excluding hydrogens is 314 g/mol. The van der Waals surface area contributed by atoms with Gasteiger partial charge >= 0.3 is 0 Å². The fourth-order valence-corrected chi connectivity index (χ4v) is 4.17. The lowest BCUT2D eigenvalue weighted by Gasteiger charge is -2.17. The molecule has 0 spiro atoms. The Morgan fingerprint density at radius 2 is 2.24 bits per heavy atom. The van der Waals surface area contributed by atoms with E-state index in [9.17, 15) is 0 Å². The number of thioether (sulfide) groups is 1. The second kappa shape index (κ2) is 9.42. The third kappa shape index (κ3) is 6.27. The van der Waals surface area contributed by atoms with Crippen molar-refractivity contribution >= 4 is 39.0 Å². The van der Waals surface area contributed by atoms with Crippen molar-refractivity contribution in [2.45, 2.75) is 39.2 Å². The molecule has 1 rings (SSSR count). The van der Waals surface area contributed by atoms with Gasteiger partial charge in [0.1, 0.15) is 0 Å².